The van der Waals surface area contributed by atoms with E-state index in [1.54, 1.807) is 17.9 Å². The Labute approximate surface area is 219 Å². The van der Waals surface area contributed by atoms with Crippen molar-refractivity contribution >= 4 is 45.8 Å². The van der Waals surface area contributed by atoms with Crippen LogP contribution in [0.5, 0.6) is 0 Å². The Hall–Kier alpha value is -3.53. The van der Waals surface area contributed by atoms with Gasteiger partial charge in [0.1, 0.15) is 23.2 Å². The summed E-state index contributed by atoms with van der Waals surface area (Å²) >= 11 is 6.15. The highest BCUT2D eigenvalue weighted by Crippen LogP contribution is 2.39. The number of piperidine rings is 1. The molecule has 2 N–H and O–H groups in total. The van der Waals surface area contributed by atoms with Crippen LogP contribution in [0.3, 0.4) is 0 Å². The van der Waals surface area contributed by atoms with Crippen molar-refractivity contribution in [3.63, 3.8) is 0 Å². The average Bonchev–Trinajstić information content (AvgIpc) is 2.85. The maximum Gasteiger partial charge on any atom is 0.449 e. The molecule has 4 rings (SSSR count). The van der Waals surface area contributed by atoms with Gasteiger partial charge in [-0.05, 0) is 30.5 Å². The Balaban J connectivity index is 1.55. The van der Waals surface area contributed by atoms with Gasteiger partial charge in [-0.25, -0.2) is 13.8 Å². The van der Waals surface area contributed by atoms with E-state index in [0.717, 1.165) is 0 Å². The SMILES string of the molecule is CC1CN(c2c(C#N)c(C(F)F)nc3ccc(Cl)cc23)CCC1C(=O)N1CCN(C(=N)C(F)(F)F)C(=N)C1. The van der Waals surface area contributed by atoms with E-state index in [4.69, 9.17) is 22.4 Å². The van der Waals surface area contributed by atoms with Crippen molar-refractivity contribution in [1.29, 1.82) is 16.1 Å². The summed E-state index contributed by atoms with van der Waals surface area (Å²) in [6.07, 6.45) is -7.58. The first-order valence-corrected chi connectivity index (χ1v) is 12.1. The normalized spacial score (nSPS) is 20.7. The molecule has 0 aliphatic carbocycles. The van der Waals surface area contributed by atoms with Crippen molar-refractivity contribution in [2.24, 2.45) is 11.8 Å². The molecule has 0 bridgehead atoms. The van der Waals surface area contributed by atoms with Crippen molar-refractivity contribution < 1.29 is 26.7 Å². The molecule has 2 atom stereocenters. The van der Waals surface area contributed by atoms with Crippen LogP contribution in [0, 0.1) is 34.0 Å². The predicted octanol–water partition coefficient (Wildman–Crippen LogP) is 4.82. The van der Waals surface area contributed by atoms with E-state index in [2.05, 4.69) is 4.98 Å². The summed E-state index contributed by atoms with van der Waals surface area (Å²) in [5.41, 5.74) is -0.369. The van der Waals surface area contributed by atoms with E-state index in [1.807, 2.05) is 6.07 Å². The quantitative estimate of drug-likeness (QED) is 0.320. The lowest BCUT2D eigenvalue weighted by atomic mass is 9.84. The van der Waals surface area contributed by atoms with Crippen molar-refractivity contribution in [1.82, 2.24) is 14.8 Å². The molecule has 1 aromatic heterocycles. The molecule has 14 heteroatoms. The summed E-state index contributed by atoms with van der Waals surface area (Å²) in [6.45, 7) is 1.55. The highest BCUT2D eigenvalue weighted by atomic mass is 35.5. The number of rotatable bonds is 3. The molecule has 8 nitrogen and oxygen atoms in total. The Morgan fingerprint density at radius 2 is 1.97 bits per heavy atom. The van der Waals surface area contributed by atoms with Gasteiger partial charge in [-0.2, -0.15) is 18.4 Å². The van der Waals surface area contributed by atoms with Crippen LogP contribution in [0.15, 0.2) is 18.2 Å². The van der Waals surface area contributed by atoms with Crippen molar-refractivity contribution in [3.05, 3.63) is 34.5 Å². The Bertz CT molecular complexity index is 1340. The standard InChI is InChI=1S/C24H23ClF5N7O/c1-12-10-35(20-15-8-13(25)2-3-17(15)34-19(21(26)27)16(20)9-31)5-4-14(12)22(38)36-6-7-37(18(32)11-36)23(33)24(28,29)30/h2-3,8,12,14,21,32-33H,4-7,10-11H2,1H3. The molecule has 1 aromatic carbocycles. The number of nitrogens with one attached hydrogen (secondary N) is 2. The molecule has 1 amide bonds. The third-order valence-corrected chi connectivity index (χ3v) is 7.15. The summed E-state index contributed by atoms with van der Waals surface area (Å²) in [7, 11) is 0. The monoisotopic (exact) mass is 555 g/mol. The highest BCUT2D eigenvalue weighted by molar-refractivity contribution is 6.31. The number of carbonyl (C=O) groups is 1. The number of amides is 1. The lowest BCUT2D eigenvalue weighted by molar-refractivity contribution is -0.137. The first-order valence-electron chi connectivity index (χ1n) is 11.7. The second-order valence-electron chi connectivity index (χ2n) is 9.32. The smallest absolute Gasteiger partial charge is 0.370 e. The number of carbonyl (C=O) groups excluding carboxylic acids is 1. The first kappa shape index (κ1) is 27.5. The van der Waals surface area contributed by atoms with Gasteiger partial charge in [0, 0.05) is 42.5 Å². The van der Waals surface area contributed by atoms with E-state index < -0.39 is 35.9 Å². The zero-order valence-electron chi connectivity index (χ0n) is 20.1. The molecule has 2 aliphatic rings. The van der Waals surface area contributed by atoms with Gasteiger partial charge in [0.2, 0.25) is 11.7 Å². The summed E-state index contributed by atoms with van der Waals surface area (Å²) in [6, 6.07) is 6.43. The van der Waals surface area contributed by atoms with Crippen LogP contribution < -0.4 is 4.90 Å². The fourth-order valence-corrected chi connectivity index (χ4v) is 5.24. The van der Waals surface area contributed by atoms with E-state index in [9.17, 15) is 32.0 Å². The largest absolute Gasteiger partial charge is 0.449 e. The Morgan fingerprint density at radius 1 is 1.26 bits per heavy atom. The molecule has 2 saturated heterocycles. The van der Waals surface area contributed by atoms with Gasteiger partial charge >= 0.3 is 6.18 Å². The van der Waals surface area contributed by atoms with Crippen molar-refractivity contribution in [2.75, 3.05) is 37.6 Å². The molecular weight excluding hydrogens is 533 g/mol. The van der Waals surface area contributed by atoms with Gasteiger partial charge in [0.25, 0.3) is 6.43 Å². The first-order chi connectivity index (χ1) is 17.8. The van der Waals surface area contributed by atoms with Gasteiger partial charge in [-0.15, -0.1) is 0 Å². The molecule has 0 spiro atoms. The lowest BCUT2D eigenvalue weighted by Gasteiger charge is -2.42. The summed E-state index contributed by atoms with van der Waals surface area (Å²) in [4.78, 5) is 20.9. The lowest BCUT2D eigenvalue weighted by Crippen LogP contribution is -2.58. The number of hydrogen-bond donors (Lipinski definition) is 2. The van der Waals surface area contributed by atoms with Gasteiger partial charge < -0.3 is 14.7 Å². The summed E-state index contributed by atoms with van der Waals surface area (Å²) in [5, 5.41) is 25.8. The highest BCUT2D eigenvalue weighted by Gasteiger charge is 2.43. The molecule has 2 fully saturated rings. The fraction of sp³-hybridized carbons (Fsp3) is 0.458. The second-order valence-corrected chi connectivity index (χ2v) is 9.75. The Morgan fingerprint density at radius 3 is 2.55 bits per heavy atom. The molecule has 3 heterocycles. The molecule has 38 heavy (non-hydrogen) atoms. The number of fused-ring (bicyclic) bond motifs is 1. The zero-order chi connectivity index (χ0) is 27.9. The van der Waals surface area contributed by atoms with E-state index in [1.165, 1.54) is 17.0 Å². The van der Waals surface area contributed by atoms with Gasteiger partial charge in [-0.3, -0.25) is 15.6 Å². The number of alkyl halides is 5. The van der Waals surface area contributed by atoms with Crippen LogP contribution in [0.1, 0.15) is 31.0 Å². The molecule has 2 aromatic rings. The minimum atomic E-state index is -4.90. The maximum atomic E-state index is 13.8. The number of piperazine rings is 1. The third-order valence-electron chi connectivity index (χ3n) is 6.91. The van der Waals surface area contributed by atoms with Crippen LogP contribution in [-0.2, 0) is 4.79 Å². The molecule has 202 valence electrons. The molecule has 0 saturated carbocycles. The maximum absolute atomic E-state index is 13.8. The second kappa shape index (κ2) is 10.3. The van der Waals surface area contributed by atoms with Crippen LogP contribution in [0.2, 0.25) is 5.02 Å². The van der Waals surface area contributed by atoms with E-state index >= 15 is 0 Å². The number of anilines is 1. The molecule has 0 radical (unpaired) electrons. The number of pyridine rings is 1. The minimum Gasteiger partial charge on any atom is -0.370 e. The van der Waals surface area contributed by atoms with E-state index in [-0.39, 0.29) is 61.3 Å². The number of aromatic nitrogens is 1. The Kier molecular flexibility index (Phi) is 7.47. The number of nitriles is 1. The fourth-order valence-electron chi connectivity index (χ4n) is 5.07. The number of hydrogen-bond acceptors (Lipinski definition) is 6. The molecule has 2 unspecified atom stereocenters. The third kappa shape index (κ3) is 5.09. The van der Waals surface area contributed by atoms with Crippen molar-refractivity contribution in [2.45, 2.75) is 25.9 Å². The number of halogens is 6. The van der Waals surface area contributed by atoms with Crippen LogP contribution >= 0.6 is 11.6 Å². The van der Waals surface area contributed by atoms with Crippen LogP contribution in [-0.4, -0.2) is 71.3 Å². The predicted molar refractivity (Wildman–Crippen MR) is 131 cm³/mol. The number of amidine groups is 2. The van der Waals surface area contributed by atoms with Gasteiger partial charge in [0.05, 0.1) is 17.7 Å². The van der Waals surface area contributed by atoms with Crippen molar-refractivity contribution in [3.8, 4) is 6.07 Å². The van der Waals surface area contributed by atoms with Crippen LogP contribution in [0.25, 0.3) is 10.9 Å². The minimum absolute atomic E-state index is 0.0730. The van der Waals surface area contributed by atoms with Gasteiger partial charge in [-0.1, -0.05) is 18.5 Å². The van der Waals surface area contributed by atoms with Crippen LogP contribution in [0.4, 0.5) is 27.6 Å². The summed E-state index contributed by atoms with van der Waals surface area (Å²) in [5.74, 6) is -3.28. The van der Waals surface area contributed by atoms with Gasteiger partial charge in [0.15, 0.2) is 0 Å². The molecular formula is C24H23ClF5N7O. The number of nitrogens with zero attached hydrogens (tertiary/aromatic N) is 5. The zero-order valence-corrected chi connectivity index (χ0v) is 20.9. The van der Waals surface area contributed by atoms with E-state index in [0.29, 0.717) is 21.7 Å². The molecule has 2 aliphatic heterocycles. The number of benzene rings is 1. The summed E-state index contributed by atoms with van der Waals surface area (Å²) < 4.78 is 66.3. The average molecular weight is 556 g/mol. The topological polar surface area (TPSA) is 111 Å².